The van der Waals surface area contributed by atoms with E-state index in [2.05, 4.69) is 114 Å². The number of hydrogen-bond acceptors (Lipinski definition) is 6. The molecule has 7 heteroatoms. The average molecular weight is 637 g/mol. The van der Waals surface area contributed by atoms with Crippen LogP contribution in [-0.2, 0) is 5.41 Å². The summed E-state index contributed by atoms with van der Waals surface area (Å²) < 4.78 is 8.79. The third-order valence-corrected chi connectivity index (χ3v) is 9.08. The summed E-state index contributed by atoms with van der Waals surface area (Å²) >= 11 is 0. The molecule has 2 aromatic heterocycles. The van der Waals surface area contributed by atoms with Crippen LogP contribution in [0.2, 0.25) is 0 Å². The number of para-hydroxylation sites is 3. The van der Waals surface area contributed by atoms with Crippen LogP contribution in [-0.4, -0.2) is 16.2 Å². The van der Waals surface area contributed by atoms with E-state index in [9.17, 15) is 10.5 Å². The van der Waals surface area contributed by atoms with Crippen molar-refractivity contribution in [3.63, 3.8) is 0 Å². The number of nitrogens with zero attached hydrogens (tertiary/aromatic N) is 6. The molecule has 5 aromatic carbocycles. The van der Waals surface area contributed by atoms with Gasteiger partial charge in [0.15, 0.2) is 0 Å². The summed E-state index contributed by atoms with van der Waals surface area (Å²) in [6, 6.07) is 44.8. The lowest BCUT2D eigenvalue weighted by molar-refractivity contribution is 0.483. The molecule has 236 valence electrons. The van der Waals surface area contributed by atoms with Gasteiger partial charge in [0.1, 0.15) is 24.0 Å². The third-order valence-electron chi connectivity index (χ3n) is 9.08. The van der Waals surface area contributed by atoms with Crippen molar-refractivity contribution in [3.05, 3.63) is 144 Å². The van der Waals surface area contributed by atoms with Gasteiger partial charge in [0, 0.05) is 40.5 Å². The van der Waals surface area contributed by atoms with Crippen molar-refractivity contribution in [2.75, 3.05) is 16.5 Å². The molecule has 0 saturated carbocycles. The lowest BCUT2D eigenvalue weighted by Crippen LogP contribution is -2.24. The van der Waals surface area contributed by atoms with Gasteiger partial charge in [-0.2, -0.15) is 10.5 Å². The minimum Gasteiger partial charge on any atom is -0.457 e. The van der Waals surface area contributed by atoms with Gasteiger partial charge < -0.3 is 14.5 Å². The zero-order valence-electron chi connectivity index (χ0n) is 27.4. The third kappa shape index (κ3) is 5.28. The first-order chi connectivity index (χ1) is 23.8. The van der Waals surface area contributed by atoms with E-state index in [1.54, 1.807) is 6.07 Å². The summed E-state index contributed by atoms with van der Waals surface area (Å²) in [7, 11) is 0. The first-order valence-corrected chi connectivity index (χ1v) is 16.2. The molecule has 0 amide bonds. The van der Waals surface area contributed by atoms with Crippen molar-refractivity contribution in [1.29, 1.82) is 10.5 Å². The predicted molar refractivity (Wildman–Crippen MR) is 195 cm³/mol. The Kier molecular flexibility index (Phi) is 7.05. The topological polar surface area (TPSA) is 81.1 Å². The van der Waals surface area contributed by atoms with Crippen LogP contribution in [0.1, 0.15) is 37.5 Å². The van der Waals surface area contributed by atoms with Crippen molar-refractivity contribution in [3.8, 4) is 29.5 Å². The molecule has 0 bridgehead atoms. The summed E-state index contributed by atoms with van der Waals surface area (Å²) in [5, 5.41) is 21.5. The van der Waals surface area contributed by atoms with E-state index in [-0.39, 0.29) is 5.41 Å². The molecular weight excluding hydrogens is 605 g/mol. The average Bonchev–Trinajstić information content (AvgIpc) is 3.67. The fourth-order valence-corrected chi connectivity index (χ4v) is 6.67. The first kappa shape index (κ1) is 29.8. The summed E-state index contributed by atoms with van der Waals surface area (Å²) in [4.78, 5) is 9.15. The maximum absolute atomic E-state index is 9.60. The smallest absolute Gasteiger partial charge is 0.137 e. The Hall–Kier alpha value is -6.57. The van der Waals surface area contributed by atoms with Gasteiger partial charge in [0.05, 0.1) is 45.7 Å². The van der Waals surface area contributed by atoms with Crippen molar-refractivity contribution in [2.24, 2.45) is 0 Å². The molecule has 0 N–H and O–H groups in total. The van der Waals surface area contributed by atoms with E-state index in [1.165, 1.54) is 5.56 Å². The highest BCUT2D eigenvalue weighted by molar-refractivity contribution is 6.09. The van der Waals surface area contributed by atoms with Crippen LogP contribution < -0.4 is 14.5 Å². The van der Waals surface area contributed by atoms with Gasteiger partial charge in [-0.15, -0.1) is 0 Å². The number of benzene rings is 5. The molecule has 0 saturated heterocycles. The molecule has 8 rings (SSSR count). The largest absolute Gasteiger partial charge is 0.457 e. The molecule has 7 aromatic rings. The second kappa shape index (κ2) is 11.6. The standard InChI is InChI=1S/C42H32N6O/c1-42(2,3)30-17-18-45-41(22-30)48-37-12-5-4-11-35(37)36-16-15-34(24-40(36)48)49-33-10-8-9-31(23-33)46-27-47(39-14-7-6-13-38(39)46)32-20-28(25-43)19-29(21-32)26-44/h4-24H,27H2,1-3H3. The van der Waals surface area contributed by atoms with Gasteiger partial charge in [-0.3, -0.25) is 4.57 Å². The molecule has 0 radical (unpaired) electrons. The van der Waals surface area contributed by atoms with Crippen molar-refractivity contribution >= 4 is 44.6 Å². The SMILES string of the molecule is CC(C)(C)c1ccnc(-n2c3ccccc3c3ccc(Oc4cccc(N5CN(c6cc(C#N)cc(C#N)c6)c6ccccc65)c4)cc32)c1. The maximum Gasteiger partial charge on any atom is 0.137 e. The quantitative estimate of drug-likeness (QED) is 0.187. The highest BCUT2D eigenvalue weighted by atomic mass is 16.5. The Labute approximate surface area is 285 Å². The van der Waals surface area contributed by atoms with Crippen LogP contribution in [0.4, 0.5) is 22.7 Å². The van der Waals surface area contributed by atoms with Crippen molar-refractivity contribution in [2.45, 2.75) is 26.2 Å². The predicted octanol–water partition coefficient (Wildman–Crippen LogP) is 10.3. The summed E-state index contributed by atoms with van der Waals surface area (Å²) in [6.45, 7) is 7.16. The zero-order chi connectivity index (χ0) is 33.7. The van der Waals surface area contributed by atoms with Gasteiger partial charge in [-0.25, -0.2) is 4.98 Å². The minimum absolute atomic E-state index is 0.0110. The van der Waals surface area contributed by atoms with Crippen LogP contribution >= 0.6 is 0 Å². The second-order valence-corrected chi connectivity index (χ2v) is 13.3. The Balaban J connectivity index is 1.16. The van der Waals surface area contributed by atoms with Gasteiger partial charge in [-0.05, 0) is 83.8 Å². The second-order valence-electron chi connectivity index (χ2n) is 13.3. The molecule has 1 aliphatic heterocycles. The lowest BCUT2D eigenvalue weighted by Gasteiger charge is -2.23. The van der Waals surface area contributed by atoms with Crippen molar-refractivity contribution in [1.82, 2.24) is 9.55 Å². The minimum atomic E-state index is -0.0110. The van der Waals surface area contributed by atoms with E-state index in [0.717, 1.165) is 56.1 Å². The van der Waals surface area contributed by atoms with Crippen LogP contribution in [0.5, 0.6) is 11.5 Å². The molecular formula is C42H32N6O. The molecule has 0 atom stereocenters. The Morgan fingerprint density at radius 1 is 0.633 bits per heavy atom. The molecule has 0 fully saturated rings. The molecule has 0 spiro atoms. The van der Waals surface area contributed by atoms with E-state index < -0.39 is 0 Å². The normalized spacial score (nSPS) is 12.6. The van der Waals surface area contributed by atoms with E-state index in [4.69, 9.17) is 9.72 Å². The summed E-state index contributed by atoms with van der Waals surface area (Å²) in [5.74, 6) is 2.31. The molecule has 0 aliphatic carbocycles. The number of aromatic nitrogens is 2. The molecule has 1 aliphatic rings. The van der Waals surface area contributed by atoms with Crippen LogP contribution in [0, 0.1) is 22.7 Å². The highest BCUT2D eigenvalue weighted by Crippen LogP contribution is 2.45. The monoisotopic (exact) mass is 636 g/mol. The Morgan fingerprint density at radius 2 is 1.31 bits per heavy atom. The van der Waals surface area contributed by atoms with Crippen LogP contribution in [0.3, 0.4) is 0 Å². The van der Waals surface area contributed by atoms with Crippen LogP contribution in [0.25, 0.3) is 27.6 Å². The highest BCUT2D eigenvalue weighted by Gasteiger charge is 2.28. The molecule has 0 unspecified atom stereocenters. The number of hydrogen-bond donors (Lipinski definition) is 0. The fourth-order valence-electron chi connectivity index (χ4n) is 6.67. The van der Waals surface area contributed by atoms with Gasteiger partial charge >= 0.3 is 0 Å². The number of fused-ring (bicyclic) bond motifs is 4. The number of ether oxygens (including phenoxy) is 1. The lowest BCUT2D eigenvalue weighted by atomic mass is 9.88. The molecule has 49 heavy (non-hydrogen) atoms. The van der Waals surface area contributed by atoms with Gasteiger partial charge in [-0.1, -0.05) is 57.2 Å². The Bertz CT molecular complexity index is 2460. The van der Waals surface area contributed by atoms with Gasteiger partial charge in [0.2, 0.25) is 0 Å². The molecule has 3 heterocycles. The first-order valence-electron chi connectivity index (χ1n) is 16.2. The van der Waals surface area contributed by atoms with E-state index in [0.29, 0.717) is 23.5 Å². The number of anilines is 4. The fraction of sp³-hybridized carbons (Fsp3) is 0.119. The zero-order valence-corrected chi connectivity index (χ0v) is 27.4. The number of nitriles is 2. The summed E-state index contributed by atoms with van der Waals surface area (Å²) in [6.07, 6.45) is 1.89. The molecule has 7 nitrogen and oxygen atoms in total. The number of rotatable bonds is 5. The van der Waals surface area contributed by atoms with Crippen molar-refractivity contribution < 1.29 is 4.74 Å². The van der Waals surface area contributed by atoms with E-state index >= 15 is 0 Å². The van der Waals surface area contributed by atoms with Crippen LogP contribution in [0.15, 0.2) is 128 Å². The Morgan fingerprint density at radius 3 is 2.04 bits per heavy atom. The van der Waals surface area contributed by atoms with Gasteiger partial charge in [0.25, 0.3) is 0 Å². The number of pyridine rings is 1. The maximum atomic E-state index is 9.60. The summed E-state index contributed by atoms with van der Waals surface area (Å²) in [5.41, 5.74) is 8.01. The van der Waals surface area contributed by atoms with E-state index in [1.807, 2.05) is 54.7 Å².